The number of hydrogen-bond donors (Lipinski definition) is 4. The van der Waals surface area contributed by atoms with Gasteiger partial charge in [-0.1, -0.05) is 13.8 Å². The number of aliphatic hydroxyl groups excluding tert-OH is 1. The fourth-order valence-electron chi connectivity index (χ4n) is 1.65. The molecule has 0 spiro atoms. The Balaban J connectivity index is 0.00000256. The average molecular weight is 262 g/mol. The average Bonchev–Trinajstić information content (AvgIpc) is 2.15. The molecule has 4 nitrogen and oxygen atoms in total. The summed E-state index contributed by atoms with van der Waals surface area (Å²) < 4.78 is 0. The van der Waals surface area contributed by atoms with Gasteiger partial charge >= 0.3 is 0 Å². The van der Waals surface area contributed by atoms with Crippen LogP contribution in [0.1, 0.15) is 31.9 Å². The fourth-order valence-corrected chi connectivity index (χ4v) is 1.65. The number of aliphatic hydroxyl groups is 1. The van der Waals surface area contributed by atoms with Gasteiger partial charge in [0, 0.05) is 11.6 Å². The molecule has 0 heterocycles. The molecule has 0 radical (unpaired) electrons. The lowest BCUT2D eigenvalue weighted by Gasteiger charge is -2.21. The van der Waals surface area contributed by atoms with Crippen LogP contribution >= 0.6 is 12.4 Å². The predicted molar refractivity (Wildman–Crippen MR) is 69.4 cm³/mol. The van der Waals surface area contributed by atoms with Crippen LogP contribution in [0.5, 0.6) is 11.5 Å². The summed E-state index contributed by atoms with van der Waals surface area (Å²) in [6, 6.07) is 3.55. The van der Waals surface area contributed by atoms with E-state index in [-0.39, 0.29) is 23.9 Å². The number of hydrogen-bond acceptors (Lipinski definition) is 4. The molecule has 0 fully saturated rings. The molecule has 0 unspecified atom stereocenters. The Morgan fingerprint density at radius 2 is 1.82 bits per heavy atom. The maximum Gasteiger partial charge on any atom is 0.124 e. The van der Waals surface area contributed by atoms with Gasteiger partial charge in [0.15, 0.2) is 0 Å². The molecule has 0 saturated heterocycles. The van der Waals surface area contributed by atoms with Crippen molar-refractivity contribution >= 4 is 12.4 Å². The van der Waals surface area contributed by atoms with Crippen molar-refractivity contribution in [3.8, 4) is 11.5 Å². The van der Waals surface area contributed by atoms with Gasteiger partial charge in [-0.15, -0.1) is 12.4 Å². The molecule has 5 heteroatoms. The number of aromatic hydroxyl groups is 2. The summed E-state index contributed by atoms with van der Waals surface area (Å²) in [5.74, 6) is 0.224. The Kier molecular flexibility index (Phi) is 6.31. The molecule has 0 aliphatic carbocycles. The largest absolute Gasteiger partial charge is 0.508 e. The van der Waals surface area contributed by atoms with Crippen LogP contribution in [0.15, 0.2) is 18.2 Å². The van der Waals surface area contributed by atoms with Gasteiger partial charge in [-0.2, -0.15) is 0 Å². The van der Waals surface area contributed by atoms with Crippen molar-refractivity contribution in [2.24, 2.45) is 11.7 Å². The van der Waals surface area contributed by atoms with E-state index in [1.54, 1.807) is 0 Å². The Hall–Kier alpha value is -0.970. The monoisotopic (exact) mass is 261 g/mol. The number of benzene rings is 1. The van der Waals surface area contributed by atoms with Crippen molar-refractivity contribution in [3.63, 3.8) is 0 Å². The Labute approximate surface area is 107 Å². The number of rotatable bonds is 4. The maximum absolute atomic E-state index is 9.84. The first-order valence-corrected chi connectivity index (χ1v) is 5.37. The van der Waals surface area contributed by atoms with Gasteiger partial charge in [-0.05, 0) is 24.5 Å². The molecule has 17 heavy (non-hydrogen) atoms. The molecule has 0 aliphatic heterocycles. The molecule has 1 rings (SSSR count). The maximum atomic E-state index is 9.84. The van der Waals surface area contributed by atoms with Gasteiger partial charge in [-0.25, -0.2) is 0 Å². The SMILES string of the molecule is CC(C)C[C@H](O)[C@H](N)c1ccc(O)cc1O.Cl. The molecule has 0 aromatic heterocycles. The number of phenols is 2. The topological polar surface area (TPSA) is 86.7 Å². The van der Waals surface area contributed by atoms with Crippen LogP contribution in [-0.4, -0.2) is 21.4 Å². The summed E-state index contributed by atoms with van der Waals surface area (Å²) in [5, 5.41) is 28.6. The normalized spacial score (nSPS) is 14.2. The lowest BCUT2D eigenvalue weighted by Crippen LogP contribution is -2.27. The van der Waals surface area contributed by atoms with Gasteiger partial charge < -0.3 is 21.1 Å². The van der Waals surface area contributed by atoms with Crippen LogP contribution in [0.25, 0.3) is 0 Å². The molecule has 98 valence electrons. The van der Waals surface area contributed by atoms with Gasteiger partial charge in [0.25, 0.3) is 0 Å². The Morgan fingerprint density at radius 3 is 2.29 bits per heavy atom. The smallest absolute Gasteiger partial charge is 0.124 e. The van der Waals surface area contributed by atoms with E-state index in [9.17, 15) is 10.2 Å². The highest BCUT2D eigenvalue weighted by molar-refractivity contribution is 5.85. The summed E-state index contributed by atoms with van der Waals surface area (Å²) in [6.45, 7) is 3.99. The molecule has 0 amide bonds. The third kappa shape index (κ3) is 4.42. The van der Waals surface area contributed by atoms with Crippen LogP contribution in [0.4, 0.5) is 0 Å². The number of phenolic OH excluding ortho intramolecular Hbond substituents is 2. The minimum atomic E-state index is -0.699. The van der Waals surface area contributed by atoms with Crippen molar-refractivity contribution in [1.82, 2.24) is 0 Å². The molecular weight excluding hydrogens is 242 g/mol. The highest BCUT2D eigenvalue weighted by Crippen LogP contribution is 2.29. The zero-order valence-electron chi connectivity index (χ0n) is 10.00. The second kappa shape index (κ2) is 6.69. The standard InChI is InChI=1S/C12H19NO3.ClH/c1-7(2)5-11(16)12(13)9-4-3-8(14)6-10(9)15;/h3-4,6-7,11-12,14-16H,5,13H2,1-2H3;1H/t11-,12+;/m0./s1. The molecule has 2 atom stereocenters. The van der Waals surface area contributed by atoms with Crippen LogP contribution in [0.2, 0.25) is 0 Å². The highest BCUT2D eigenvalue weighted by atomic mass is 35.5. The summed E-state index contributed by atoms with van der Waals surface area (Å²) in [5.41, 5.74) is 6.30. The first-order chi connectivity index (χ1) is 7.41. The van der Waals surface area contributed by atoms with Crippen molar-refractivity contribution < 1.29 is 15.3 Å². The lowest BCUT2D eigenvalue weighted by molar-refractivity contribution is 0.120. The first-order valence-electron chi connectivity index (χ1n) is 5.37. The third-order valence-electron chi connectivity index (χ3n) is 2.50. The fraction of sp³-hybridized carbons (Fsp3) is 0.500. The molecule has 1 aromatic carbocycles. The quantitative estimate of drug-likeness (QED) is 0.667. The summed E-state index contributed by atoms with van der Waals surface area (Å²) in [4.78, 5) is 0. The van der Waals surface area contributed by atoms with Crippen LogP contribution < -0.4 is 5.73 Å². The van der Waals surface area contributed by atoms with E-state index in [0.717, 1.165) is 0 Å². The van der Waals surface area contributed by atoms with Crippen molar-refractivity contribution in [1.29, 1.82) is 0 Å². The second-order valence-electron chi connectivity index (χ2n) is 4.47. The Morgan fingerprint density at radius 1 is 1.24 bits per heavy atom. The van der Waals surface area contributed by atoms with E-state index in [2.05, 4.69) is 0 Å². The van der Waals surface area contributed by atoms with E-state index in [0.29, 0.717) is 17.9 Å². The van der Waals surface area contributed by atoms with E-state index in [1.165, 1.54) is 18.2 Å². The molecular formula is C12H20ClNO3. The van der Waals surface area contributed by atoms with Crippen LogP contribution in [0.3, 0.4) is 0 Å². The first kappa shape index (κ1) is 16.0. The zero-order valence-corrected chi connectivity index (χ0v) is 10.8. The second-order valence-corrected chi connectivity index (χ2v) is 4.47. The van der Waals surface area contributed by atoms with E-state index in [4.69, 9.17) is 10.8 Å². The highest BCUT2D eigenvalue weighted by Gasteiger charge is 2.20. The third-order valence-corrected chi connectivity index (χ3v) is 2.50. The summed E-state index contributed by atoms with van der Waals surface area (Å²) >= 11 is 0. The molecule has 0 saturated carbocycles. The minimum Gasteiger partial charge on any atom is -0.508 e. The lowest BCUT2D eigenvalue weighted by atomic mass is 9.95. The van der Waals surface area contributed by atoms with Crippen molar-refractivity contribution in [2.45, 2.75) is 32.4 Å². The van der Waals surface area contributed by atoms with E-state index in [1.807, 2.05) is 13.8 Å². The van der Waals surface area contributed by atoms with Gasteiger partial charge in [0.1, 0.15) is 11.5 Å². The number of halogens is 1. The molecule has 0 bridgehead atoms. The number of nitrogens with two attached hydrogens (primary N) is 1. The van der Waals surface area contributed by atoms with Crippen LogP contribution in [-0.2, 0) is 0 Å². The predicted octanol–water partition coefficient (Wildman–Crippen LogP) is 1.93. The van der Waals surface area contributed by atoms with Crippen molar-refractivity contribution in [3.05, 3.63) is 23.8 Å². The summed E-state index contributed by atoms with van der Waals surface area (Å²) in [7, 11) is 0. The van der Waals surface area contributed by atoms with Gasteiger partial charge in [-0.3, -0.25) is 0 Å². The van der Waals surface area contributed by atoms with Crippen LogP contribution in [0, 0.1) is 5.92 Å². The summed E-state index contributed by atoms with van der Waals surface area (Å²) in [6.07, 6.45) is -0.128. The Bertz CT molecular complexity index is 358. The molecule has 1 aromatic rings. The minimum absolute atomic E-state index is 0. The van der Waals surface area contributed by atoms with E-state index < -0.39 is 12.1 Å². The molecule has 0 aliphatic rings. The van der Waals surface area contributed by atoms with Crippen molar-refractivity contribution in [2.75, 3.05) is 0 Å². The van der Waals surface area contributed by atoms with E-state index >= 15 is 0 Å². The van der Waals surface area contributed by atoms with Gasteiger partial charge in [0.2, 0.25) is 0 Å². The zero-order chi connectivity index (χ0) is 12.3. The molecule has 5 N–H and O–H groups in total. The van der Waals surface area contributed by atoms with Gasteiger partial charge in [0.05, 0.1) is 12.1 Å².